The Morgan fingerprint density at radius 1 is 0.926 bits per heavy atom. The number of hydrogen-bond acceptors (Lipinski definition) is 4. The van der Waals surface area contributed by atoms with Gasteiger partial charge in [-0.25, -0.2) is 8.42 Å². The summed E-state index contributed by atoms with van der Waals surface area (Å²) in [5, 5.41) is 6.02. The van der Waals surface area contributed by atoms with Gasteiger partial charge in [-0.3, -0.25) is 14.3 Å². The fourth-order valence-corrected chi connectivity index (χ4v) is 2.92. The first-order valence-electron chi connectivity index (χ1n) is 8.10. The molecule has 0 bridgehead atoms. The standard InChI is InChI=1S/C18H20ClN3O4S/c1-27(25,26)22-16-8-4-14(5-9-16)18(24)21-11-10-20-17(23)12-13-2-6-15(19)7-3-13/h2-9,22H,10-12H2,1H3,(H,20,23)(H,21,24). The van der Waals surface area contributed by atoms with Crippen molar-refractivity contribution in [1.82, 2.24) is 10.6 Å². The molecule has 0 saturated carbocycles. The maximum atomic E-state index is 12.0. The number of amides is 2. The molecule has 2 aromatic rings. The number of sulfonamides is 1. The zero-order valence-electron chi connectivity index (χ0n) is 14.7. The first-order chi connectivity index (χ1) is 12.7. The third kappa shape index (κ3) is 7.67. The lowest BCUT2D eigenvalue weighted by atomic mass is 10.1. The number of nitrogens with one attached hydrogen (secondary N) is 3. The Morgan fingerprint density at radius 2 is 1.52 bits per heavy atom. The van der Waals surface area contributed by atoms with Crippen molar-refractivity contribution in [1.29, 1.82) is 0 Å². The Kier molecular flexibility index (Phi) is 7.20. The molecule has 0 aliphatic heterocycles. The molecule has 144 valence electrons. The summed E-state index contributed by atoms with van der Waals surface area (Å²) in [6.45, 7) is 0.570. The minimum absolute atomic E-state index is 0.150. The number of hydrogen-bond donors (Lipinski definition) is 3. The summed E-state index contributed by atoms with van der Waals surface area (Å²) in [6, 6.07) is 13.1. The Hall–Kier alpha value is -2.58. The van der Waals surface area contributed by atoms with Crippen LogP contribution in [0.25, 0.3) is 0 Å². The van der Waals surface area contributed by atoms with Gasteiger partial charge in [0, 0.05) is 29.4 Å². The molecule has 2 rings (SSSR count). The molecule has 9 heteroatoms. The van der Waals surface area contributed by atoms with Crippen LogP contribution < -0.4 is 15.4 Å². The summed E-state index contributed by atoms with van der Waals surface area (Å²) in [6.07, 6.45) is 1.29. The molecule has 0 heterocycles. The predicted octanol–water partition coefficient (Wildman–Crippen LogP) is 1.80. The van der Waals surface area contributed by atoms with Crippen LogP contribution in [0.4, 0.5) is 5.69 Å². The molecular weight excluding hydrogens is 390 g/mol. The Labute approximate surface area is 163 Å². The normalized spacial score (nSPS) is 10.9. The summed E-state index contributed by atoms with van der Waals surface area (Å²) in [5.41, 5.74) is 1.62. The molecule has 2 aromatic carbocycles. The zero-order valence-corrected chi connectivity index (χ0v) is 16.2. The number of anilines is 1. The van der Waals surface area contributed by atoms with E-state index < -0.39 is 10.0 Å². The number of carbonyl (C=O) groups is 2. The highest BCUT2D eigenvalue weighted by Crippen LogP contribution is 2.11. The van der Waals surface area contributed by atoms with E-state index >= 15 is 0 Å². The van der Waals surface area contributed by atoms with Gasteiger partial charge >= 0.3 is 0 Å². The average Bonchev–Trinajstić information content (AvgIpc) is 2.60. The third-order valence-electron chi connectivity index (χ3n) is 3.46. The fraction of sp³-hybridized carbons (Fsp3) is 0.222. The van der Waals surface area contributed by atoms with Crippen LogP contribution >= 0.6 is 11.6 Å². The van der Waals surface area contributed by atoms with E-state index in [0.29, 0.717) is 22.8 Å². The molecular formula is C18H20ClN3O4S. The minimum atomic E-state index is -3.36. The van der Waals surface area contributed by atoms with Gasteiger partial charge in [0.05, 0.1) is 12.7 Å². The van der Waals surface area contributed by atoms with Crippen LogP contribution in [0, 0.1) is 0 Å². The van der Waals surface area contributed by atoms with E-state index in [1.807, 2.05) is 0 Å². The molecule has 0 aliphatic carbocycles. The maximum Gasteiger partial charge on any atom is 0.251 e. The van der Waals surface area contributed by atoms with Gasteiger partial charge in [0.15, 0.2) is 0 Å². The van der Waals surface area contributed by atoms with Gasteiger partial charge in [-0.1, -0.05) is 23.7 Å². The summed E-state index contributed by atoms with van der Waals surface area (Å²) >= 11 is 5.80. The van der Waals surface area contributed by atoms with Crippen molar-refractivity contribution < 1.29 is 18.0 Å². The third-order valence-corrected chi connectivity index (χ3v) is 4.32. The number of carbonyl (C=O) groups excluding carboxylic acids is 2. The molecule has 27 heavy (non-hydrogen) atoms. The Balaban J connectivity index is 1.72. The first kappa shape index (κ1) is 20.7. The van der Waals surface area contributed by atoms with Crippen molar-refractivity contribution >= 4 is 39.1 Å². The van der Waals surface area contributed by atoms with Crippen molar-refractivity contribution in [2.75, 3.05) is 24.1 Å². The van der Waals surface area contributed by atoms with E-state index in [0.717, 1.165) is 11.8 Å². The second-order valence-corrected chi connectivity index (χ2v) is 8.05. The van der Waals surface area contributed by atoms with E-state index in [9.17, 15) is 18.0 Å². The molecule has 0 saturated heterocycles. The summed E-state index contributed by atoms with van der Waals surface area (Å²) in [5.74, 6) is -0.462. The molecule has 0 aliphatic rings. The van der Waals surface area contributed by atoms with E-state index in [-0.39, 0.29) is 24.8 Å². The minimum Gasteiger partial charge on any atom is -0.354 e. The van der Waals surface area contributed by atoms with E-state index in [1.165, 1.54) is 24.3 Å². The molecule has 3 N–H and O–H groups in total. The van der Waals surface area contributed by atoms with Gasteiger partial charge in [-0.05, 0) is 42.0 Å². The van der Waals surface area contributed by atoms with Gasteiger partial charge in [-0.15, -0.1) is 0 Å². The van der Waals surface area contributed by atoms with Gasteiger partial charge in [-0.2, -0.15) is 0 Å². The second kappa shape index (κ2) is 9.38. The van der Waals surface area contributed by atoms with E-state index in [2.05, 4.69) is 15.4 Å². The van der Waals surface area contributed by atoms with Gasteiger partial charge in [0.25, 0.3) is 5.91 Å². The maximum absolute atomic E-state index is 12.0. The highest BCUT2D eigenvalue weighted by atomic mass is 35.5. The van der Waals surface area contributed by atoms with Crippen LogP contribution in [0.3, 0.4) is 0 Å². The number of halogens is 1. The topological polar surface area (TPSA) is 104 Å². The van der Waals surface area contributed by atoms with E-state index in [4.69, 9.17) is 11.6 Å². The molecule has 0 aromatic heterocycles. The predicted molar refractivity (Wildman–Crippen MR) is 105 cm³/mol. The van der Waals surface area contributed by atoms with Crippen molar-refractivity contribution in [2.24, 2.45) is 0 Å². The van der Waals surface area contributed by atoms with Crippen LogP contribution in [0.5, 0.6) is 0 Å². The van der Waals surface area contributed by atoms with Crippen LogP contribution in [0.15, 0.2) is 48.5 Å². The fourth-order valence-electron chi connectivity index (χ4n) is 2.23. The highest BCUT2D eigenvalue weighted by molar-refractivity contribution is 7.92. The van der Waals surface area contributed by atoms with Crippen molar-refractivity contribution in [3.63, 3.8) is 0 Å². The number of benzene rings is 2. The average molecular weight is 410 g/mol. The lowest BCUT2D eigenvalue weighted by Crippen LogP contribution is -2.35. The highest BCUT2D eigenvalue weighted by Gasteiger charge is 2.07. The smallest absolute Gasteiger partial charge is 0.251 e. The first-order valence-corrected chi connectivity index (χ1v) is 10.4. The lowest BCUT2D eigenvalue weighted by molar-refractivity contribution is -0.120. The summed E-state index contributed by atoms with van der Waals surface area (Å²) in [4.78, 5) is 23.9. The van der Waals surface area contributed by atoms with Crippen molar-refractivity contribution in [2.45, 2.75) is 6.42 Å². The largest absolute Gasteiger partial charge is 0.354 e. The number of rotatable bonds is 8. The lowest BCUT2D eigenvalue weighted by Gasteiger charge is -2.08. The van der Waals surface area contributed by atoms with Crippen LogP contribution in [0.1, 0.15) is 15.9 Å². The van der Waals surface area contributed by atoms with Crippen molar-refractivity contribution in [3.8, 4) is 0 Å². The van der Waals surface area contributed by atoms with Crippen molar-refractivity contribution in [3.05, 3.63) is 64.7 Å². The van der Waals surface area contributed by atoms with Gasteiger partial charge in [0.2, 0.25) is 15.9 Å². The Morgan fingerprint density at radius 3 is 2.11 bits per heavy atom. The molecule has 2 amide bonds. The molecule has 0 spiro atoms. The second-order valence-electron chi connectivity index (χ2n) is 5.86. The molecule has 0 unspecified atom stereocenters. The Bertz CT molecular complexity index is 897. The zero-order chi connectivity index (χ0) is 19.9. The molecule has 0 fully saturated rings. The quantitative estimate of drug-likeness (QED) is 0.578. The SMILES string of the molecule is CS(=O)(=O)Nc1ccc(C(=O)NCCNC(=O)Cc2ccc(Cl)cc2)cc1. The molecule has 0 atom stereocenters. The van der Waals surface area contributed by atoms with Crippen LogP contribution in [0.2, 0.25) is 5.02 Å². The molecule has 7 nitrogen and oxygen atoms in total. The van der Waals surface area contributed by atoms with Gasteiger partial charge in [0.1, 0.15) is 0 Å². The van der Waals surface area contributed by atoms with Crippen LogP contribution in [-0.2, 0) is 21.2 Å². The summed E-state index contributed by atoms with van der Waals surface area (Å²) < 4.78 is 24.6. The monoisotopic (exact) mass is 409 g/mol. The molecule has 0 radical (unpaired) electrons. The van der Waals surface area contributed by atoms with Gasteiger partial charge < -0.3 is 10.6 Å². The van der Waals surface area contributed by atoms with Crippen LogP contribution in [-0.4, -0.2) is 39.6 Å². The summed E-state index contributed by atoms with van der Waals surface area (Å²) in [7, 11) is -3.36. The van der Waals surface area contributed by atoms with E-state index in [1.54, 1.807) is 24.3 Å².